The smallest absolute Gasteiger partial charge is 0.262 e. The van der Waals surface area contributed by atoms with E-state index in [2.05, 4.69) is 10.3 Å². The molecule has 0 unspecified atom stereocenters. The van der Waals surface area contributed by atoms with Crippen molar-refractivity contribution in [2.75, 3.05) is 11.1 Å². The van der Waals surface area contributed by atoms with Crippen LogP contribution in [-0.4, -0.2) is 21.2 Å². The molecule has 0 fully saturated rings. The molecule has 0 bridgehead atoms. The maximum absolute atomic E-state index is 12.8. The molecule has 4 rings (SSSR count). The summed E-state index contributed by atoms with van der Waals surface area (Å²) in [6.45, 7) is 0. The number of aryl methyl sites for hydroxylation is 2. The van der Waals surface area contributed by atoms with Crippen molar-refractivity contribution < 1.29 is 4.79 Å². The Bertz CT molecular complexity index is 1120. The Morgan fingerprint density at radius 2 is 2.19 bits per heavy atom. The lowest BCUT2D eigenvalue weighted by atomic mass is 10.2. The number of carbonyl (C=O) groups excluding carboxylic acids is 1. The van der Waals surface area contributed by atoms with Crippen molar-refractivity contribution in [3.05, 3.63) is 49.0 Å². The summed E-state index contributed by atoms with van der Waals surface area (Å²) in [6.07, 6.45) is 3.06. The highest BCUT2D eigenvalue weighted by Crippen LogP contribution is 2.35. The number of hydrogen-bond donors (Lipinski definition) is 1. The van der Waals surface area contributed by atoms with Crippen LogP contribution in [0.5, 0.6) is 0 Å². The Morgan fingerprint density at radius 1 is 1.37 bits per heavy atom. The summed E-state index contributed by atoms with van der Waals surface area (Å²) in [4.78, 5) is 31.7. The maximum atomic E-state index is 12.8. The zero-order valence-electron chi connectivity index (χ0n) is 14.3. The lowest BCUT2D eigenvalue weighted by molar-refractivity contribution is -0.113. The molecule has 0 aliphatic heterocycles. The summed E-state index contributed by atoms with van der Waals surface area (Å²) in [5.41, 5.74) is 1.58. The zero-order chi connectivity index (χ0) is 19.1. The fraction of sp³-hybridized carbons (Fsp3) is 0.278. The lowest BCUT2D eigenvalue weighted by Crippen LogP contribution is -2.21. The Balaban J connectivity index is 1.54. The standard InChI is InChI=1S/C18H15Cl2N3O2S2/c1-23-17(25)15-10-3-2-4-13(10)27-16(15)22-18(23)26-8-14(24)21-12-7-9(19)5-6-11(12)20/h5-7H,2-4,8H2,1H3,(H,21,24). The average Bonchev–Trinajstić information content (AvgIpc) is 3.20. The monoisotopic (exact) mass is 439 g/mol. The summed E-state index contributed by atoms with van der Waals surface area (Å²) >= 11 is 14.8. The molecule has 27 heavy (non-hydrogen) atoms. The van der Waals surface area contributed by atoms with Gasteiger partial charge >= 0.3 is 0 Å². The number of thiophene rings is 1. The molecule has 1 aliphatic carbocycles. The van der Waals surface area contributed by atoms with Crippen LogP contribution in [0, 0.1) is 0 Å². The van der Waals surface area contributed by atoms with E-state index >= 15 is 0 Å². The van der Waals surface area contributed by atoms with E-state index in [4.69, 9.17) is 23.2 Å². The van der Waals surface area contributed by atoms with E-state index in [1.54, 1.807) is 36.6 Å². The van der Waals surface area contributed by atoms with E-state index in [9.17, 15) is 9.59 Å². The van der Waals surface area contributed by atoms with E-state index in [1.165, 1.54) is 21.2 Å². The number of rotatable bonds is 4. The van der Waals surface area contributed by atoms with Crippen LogP contribution < -0.4 is 10.9 Å². The van der Waals surface area contributed by atoms with Gasteiger partial charge in [0.2, 0.25) is 5.91 Å². The minimum Gasteiger partial charge on any atom is -0.324 e. The fourth-order valence-corrected chi connectivity index (χ4v) is 5.56. The first-order chi connectivity index (χ1) is 12.9. The van der Waals surface area contributed by atoms with Gasteiger partial charge in [-0.1, -0.05) is 35.0 Å². The van der Waals surface area contributed by atoms with E-state index in [0.717, 1.165) is 35.0 Å². The molecule has 2 aromatic heterocycles. The SMILES string of the molecule is Cn1c(SCC(=O)Nc2cc(Cl)ccc2Cl)nc2sc3c(c2c1=O)CCC3. The van der Waals surface area contributed by atoms with Crippen LogP contribution in [0.15, 0.2) is 28.2 Å². The van der Waals surface area contributed by atoms with Crippen LogP contribution in [0.3, 0.4) is 0 Å². The lowest BCUT2D eigenvalue weighted by Gasteiger charge is -2.09. The number of nitrogens with zero attached hydrogens (tertiary/aromatic N) is 2. The molecule has 0 spiro atoms. The molecule has 1 aromatic carbocycles. The summed E-state index contributed by atoms with van der Waals surface area (Å²) < 4.78 is 1.53. The van der Waals surface area contributed by atoms with Crippen LogP contribution in [0.2, 0.25) is 10.0 Å². The van der Waals surface area contributed by atoms with Crippen molar-refractivity contribution in [3.8, 4) is 0 Å². The van der Waals surface area contributed by atoms with Gasteiger partial charge < -0.3 is 5.32 Å². The summed E-state index contributed by atoms with van der Waals surface area (Å²) in [7, 11) is 1.70. The third kappa shape index (κ3) is 3.61. The molecule has 1 aliphatic rings. The second-order valence-corrected chi connectivity index (χ2v) is 9.13. The van der Waals surface area contributed by atoms with Gasteiger partial charge in [0.25, 0.3) is 5.56 Å². The van der Waals surface area contributed by atoms with Gasteiger partial charge in [-0.05, 0) is 43.0 Å². The topological polar surface area (TPSA) is 64.0 Å². The number of benzene rings is 1. The largest absolute Gasteiger partial charge is 0.324 e. The molecular weight excluding hydrogens is 425 g/mol. The van der Waals surface area contributed by atoms with Gasteiger partial charge in [-0.3, -0.25) is 14.2 Å². The van der Waals surface area contributed by atoms with Crippen molar-refractivity contribution in [1.29, 1.82) is 0 Å². The Kier molecular flexibility index (Phi) is 5.20. The molecule has 9 heteroatoms. The molecule has 0 atom stereocenters. The first-order valence-corrected chi connectivity index (χ1v) is 10.9. The summed E-state index contributed by atoms with van der Waals surface area (Å²) in [6, 6.07) is 4.88. The van der Waals surface area contributed by atoms with Gasteiger partial charge in [-0.2, -0.15) is 0 Å². The average molecular weight is 440 g/mol. The van der Waals surface area contributed by atoms with Crippen LogP contribution in [0.4, 0.5) is 5.69 Å². The molecule has 0 saturated carbocycles. The molecular formula is C18H15Cl2N3O2S2. The highest BCUT2D eigenvalue weighted by atomic mass is 35.5. The van der Waals surface area contributed by atoms with Gasteiger partial charge in [0, 0.05) is 16.9 Å². The second-order valence-electron chi connectivity index (χ2n) is 6.26. The molecule has 0 radical (unpaired) electrons. The van der Waals surface area contributed by atoms with Gasteiger partial charge in [0.1, 0.15) is 4.83 Å². The molecule has 0 saturated heterocycles. The maximum Gasteiger partial charge on any atom is 0.262 e. The molecule has 140 valence electrons. The predicted octanol–water partition coefficient (Wildman–Crippen LogP) is 4.52. The predicted molar refractivity (Wildman–Crippen MR) is 113 cm³/mol. The van der Waals surface area contributed by atoms with Gasteiger partial charge in [0.15, 0.2) is 5.16 Å². The summed E-state index contributed by atoms with van der Waals surface area (Å²) in [5.74, 6) is -0.133. The van der Waals surface area contributed by atoms with Gasteiger partial charge in [-0.25, -0.2) is 4.98 Å². The Hall–Kier alpha value is -1.54. The number of halogens is 2. The number of fused-ring (bicyclic) bond motifs is 3. The van der Waals surface area contributed by atoms with Crippen molar-refractivity contribution >= 4 is 68.1 Å². The van der Waals surface area contributed by atoms with Crippen molar-refractivity contribution in [3.63, 3.8) is 0 Å². The number of hydrogen-bond acceptors (Lipinski definition) is 5. The fourth-order valence-electron chi connectivity index (χ4n) is 3.14. The van der Waals surface area contributed by atoms with Crippen LogP contribution in [0.1, 0.15) is 16.9 Å². The quantitative estimate of drug-likeness (QED) is 0.479. The Labute approximate surface area is 173 Å². The highest BCUT2D eigenvalue weighted by molar-refractivity contribution is 7.99. The molecule has 3 aromatic rings. The summed E-state index contributed by atoms with van der Waals surface area (Å²) in [5, 5.41) is 4.91. The second kappa shape index (κ2) is 7.47. The first-order valence-electron chi connectivity index (χ1n) is 8.33. The van der Waals surface area contributed by atoms with E-state index in [-0.39, 0.29) is 17.2 Å². The number of carbonyl (C=O) groups is 1. The van der Waals surface area contributed by atoms with E-state index in [1.807, 2.05) is 0 Å². The Morgan fingerprint density at radius 3 is 3.00 bits per heavy atom. The van der Waals surface area contributed by atoms with E-state index in [0.29, 0.717) is 20.9 Å². The van der Waals surface area contributed by atoms with Crippen LogP contribution in [-0.2, 0) is 24.7 Å². The number of amides is 1. The molecule has 1 amide bonds. The van der Waals surface area contributed by atoms with Gasteiger partial charge in [0.05, 0.1) is 21.8 Å². The minimum atomic E-state index is -0.243. The van der Waals surface area contributed by atoms with Gasteiger partial charge in [-0.15, -0.1) is 11.3 Å². The molecule has 1 N–H and O–H groups in total. The van der Waals surface area contributed by atoms with Crippen molar-refractivity contribution in [1.82, 2.24) is 9.55 Å². The number of thioether (sulfide) groups is 1. The molecule has 5 nitrogen and oxygen atoms in total. The van der Waals surface area contributed by atoms with Crippen LogP contribution >= 0.6 is 46.3 Å². The zero-order valence-corrected chi connectivity index (χ0v) is 17.5. The minimum absolute atomic E-state index is 0.0415. The first kappa shape index (κ1) is 18.8. The number of aromatic nitrogens is 2. The van der Waals surface area contributed by atoms with E-state index < -0.39 is 0 Å². The van der Waals surface area contributed by atoms with Crippen molar-refractivity contribution in [2.45, 2.75) is 24.4 Å². The van der Waals surface area contributed by atoms with Crippen molar-refractivity contribution in [2.24, 2.45) is 7.05 Å². The normalized spacial score (nSPS) is 13.1. The third-order valence-corrected chi connectivity index (χ3v) is 7.22. The number of anilines is 1. The number of nitrogens with one attached hydrogen (secondary N) is 1. The molecule has 2 heterocycles. The third-order valence-electron chi connectivity index (χ3n) is 4.44. The van der Waals surface area contributed by atoms with Crippen LogP contribution in [0.25, 0.3) is 10.2 Å². The highest BCUT2D eigenvalue weighted by Gasteiger charge is 2.22.